The topological polar surface area (TPSA) is 75.1 Å². The minimum atomic E-state index is -0.261. The van der Waals surface area contributed by atoms with Gasteiger partial charge in [0.25, 0.3) is 5.91 Å². The van der Waals surface area contributed by atoms with Gasteiger partial charge < -0.3 is 10.6 Å². The zero-order chi connectivity index (χ0) is 17.8. The van der Waals surface area contributed by atoms with Gasteiger partial charge in [0.2, 0.25) is 0 Å². The molecule has 2 aromatic heterocycles. The molecule has 0 saturated carbocycles. The van der Waals surface area contributed by atoms with Crippen LogP contribution in [0.15, 0.2) is 18.2 Å². The average Bonchev–Trinajstić information content (AvgIpc) is 2.94. The fourth-order valence-electron chi connectivity index (χ4n) is 2.92. The summed E-state index contributed by atoms with van der Waals surface area (Å²) in [4.78, 5) is 19.2. The van der Waals surface area contributed by atoms with Crippen LogP contribution in [0.25, 0.3) is 5.82 Å². The van der Waals surface area contributed by atoms with Crippen molar-refractivity contribution in [3.05, 3.63) is 40.3 Å². The Bertz CT molecular complexity index is 754. The van der Waals surface area contributed by atoms with Crippen molar-refractivity contribution < 1.29 is 4.79 Å². The molecule has 3 rings (SSSR count). The molecule has 0 atom stereocenters. The third-order valence-corrected chi connectivity index (χ3v) is 4.50. The SMILES string of the molecule is Cc1cc(C)n(-c2ccc(Cl)c(C(=O)NCCN3CCNCC3)n2)n1. The average molecular weight is 363 g/mol. The van der Waals surface area contributed by atoms with Crippen LogP contribution < -0.4 is 10.6 Å². The minimum absolute atomic E-state index is 0.229. The second-order valence-corrected chi connectivity index (χ2v) is 6.59. The molecule has 1 amide bonds. The summed E-state index contributed by atoms with van der Waals surface area (Å²) in [6.07, 6.45) is 0. The van der Waals surface area contributed by atoms with Gasteiger partial charge in [-0.3, -0.25) is 9.69 Å². The first-order chi connectivity index (χ1) is 12.0. The second kappa shape index (κ2) is 7.95. The number of nitrogens with one attached hydrogen (secondary N) is 2. The van der Waals surface area contributed by atoms with E-state index in [9.17, 15) is 4.79 Å². The van der Waals surface area contributed by atoms with Gasteiger partial charge in [-0.05, 0) is 32.0 Å². The van der Waals surface area contributed by atoms with Gasteiger partial charge in [0.1, 0.15) is 5.69 Å². The molecule has 2 aromatic rings. The number of amides is 1. The Morgan fingerprint density at radius 2 is 2.08 bits per heavy atom. The van der Waals surface area contributed by atoms with Crippen molar-refractivity contribution in [3.63, 3.8) is 0 Å². The van der Waals surface area contributed by atoms with Crippen LogP contribution in [0.2, 0.25) is 5.02 Å². The van der Waals surface area contributed by atoms with Gasteiger partial charge in [0.05, 0.1) is 10.7 Å². The molecule has 2 N–H and O–H groups in total. The smallest absolute Gasteiger partial charge is 0.271 e. The number of piperazine rings is 1. The van der Waals surface area contributed by atoms with Crippen LogP contribution in [0.5, 0.6) is 0 Å². The molecule has 0 unspecified atom stereocenters. The fraction of sp³-hybridized carbons (Fsp3) is 0.471. The summed E-state index contributed by atoms with van der Waals surface area (Å²) >= 11 is 6.18. The van der Waals surface area contributed by atoms with Crippen LogP contribution >= 0.6 is 11.6 Å². The quantitative estimate of drug-likeness (QED) is 0.835. The predicted octanol–water partition coefficient (Wildman–Crippen LogP) is 1.17. The Hall–Kier alpha value is -1.96. The van der Waals surface area contributed by atoms with Crippen molar-refractivity contribution in [2.75, 3.05) is 39.3 Å². The van der Waals surface area contributed by atoms with Gasteiger partial charge in [-0.1, -0.05) is 11.6 Å². The summed E-state index contributed by atoms with van der Waals surface area (Å²) in [7, 11) is 0. The third-order valence-electron chi connectivity index (χ3n) is 4.20. The lowest BCUT2D eigenvalue weighted by molar-refractivity contribution is 0.0942. The molecule has 7 nitrogen and oxygen atoms in total. The van der Waals surface area contributed by atoms with E-state index in [4.69, 9.17) is 11.6 Å². The van der Waals surface area contributed by atoms with E-state index in [0.717, 1.165) is 44.1 Å². The van der Waals surface area contributed by atoms with Gasteiger partial charge in [-0.15, -0.1) is 0 Å². The fourth-order valence-corrected chi connectivity index (χ4v) is 3.11. The molecule has 0 radical (unpaired) electrons. The lowest BCUT2D eigenvalue weighted by Gasteiger charge is -2.27. The van der Waals surface area contributed by atoms with Crippen LogP contribution in [-0.2, 0) is 0 Å². The zero-order valence-corrected chi connectivity index (χ0v) is 15.3. The summed E-state index contributed by atoms with van der Waals surface area (Å²) in [5.41, 5.74) is 2.08. The second-order valence-electron chi connectivity index (χ2n) is 6.19. The number of pyridine rings is 1. The highest BCUT2D eigenvalue weighted by atomic mass is 35.5. The van der Waals surface area contributed by atoms with Crippen molar-refractivity contribution in [1.29, 1.82) is 0 Å². The van der Waals surface area contributed by atoms with Gasteiger partial charge in [-0.2, -0.15) is 5.10 Å². The predicted molar refractivity (Wildman–Crippen MR) is 97.5 cm³/mol. The number of rotatable bonds is 5. The molecule has 1 saturated heterocycles. The van der Waals surface area contributed by atoms with Crippen LogP contribution in [0.4, 0.5) is 0 Å². The van der Waals surface area contributed by atoms with Gasteiger partial charge in [0, 0.05) is 45.0 Å². The number of aryl methyl sites for hydroxylation is 2. The molecule has 0 aromatic carbocycles. The number of aromatic nitrogens is 3. The Morgan fingerprint density at radius 3 is 2.76 bits per heavy atom. The van der Waals surface area contributed by atoms with E-state index in [0.29, 0.717) is 17.4 Å². The molecule has 0 spiro atoms. The van der Waals surface area contributed by atoms with Crippen molar-refractivity contribution in [3.8, 4) is 5.82 Å². The lowest BCUT2D eigenvalue weighted by Crippen LogP contribution is -2.46. The van der Waals surface area contributed by atoms with E-state index in [1.807, 2.05) is 19.9 Å². The molecule has 1 aliphatic heterocycles. The van der Waals surface area contributed by atoms with Crippen LogP contribution in [0.1, 0.15) is 21.9 Å². The van der Waals surface area contributed by atoms with E-state index >= 15 is 0 Å². The van der Waals surface area contributed by atoms with Crippen LogP contribution in [0.3, 0.4) is 0 Å². The molecule has 1 aliphatic rings. The van der Waals surface area contributed by atoms with E-state index in [1.165, 1.54) is 0 Å². The minimum Gasteiger partial charge on any atom is -0.349 e. The Labute approximate surface area is 152 Å². The third kappa shape index (κ3) is 4.36. The maximum absolute atomic E-state index is 12.5. The molecule has 0 bridgehead atoms. The Balaban J connectivity index is 1.67. The maximum atomic E-state index is 12.5. The van der Waals surface area contributed by atoms with E-state index in [2.05, 4.69) is 25.6 Å². The van der Waals surface area contributed by atoms with Crippen molar-refractivity contribution in [2.45, 2.75) is 13.8 Å². The number of carbonyl (C=O) groups is 1. The highest BCUT2D eigenvalue weighted by Crippen LogP contribution is 2.17. The first-order valence-electron chi connectivity index (χ1n) is 8.46. The van der Waals surface area contributed by atoms with Crippen LogP contribution in [-0.4, -0.2) is 64.8 Å². The van der Waals surface area contributed by atoms with Gasteiger partial charge >= 0.3 is 0 Å². The zero-order valence-electron chi connectivity index (χ0n) is 14.5. The Morgan fingerprint density at radius 1 is 1.32 bits per heavy atom. The molecule has 1 fully saturated rings. The monoisotopic (exact) mass is 362 g/mol. The summed E-state index contributed by atoms with van der Waals surface area (Å²) in [6, 6.07) is 5.41. The van der Waals surface area contributed by atoms with Crippen molar-refractivity contribution in [2.24, 2.45) is 0 Å². The number of hydrogen-bond acceptors (Lipinski definition) is 5. The molecule has 3 heterocycles. The highest BCUT2D eigenvalue weighted by Gasteiger charge is 2.16. The molecule has 8 heteroatoms. The van der Waals surface area contributed by atoms with E-state index < -0.39 is 0 Å². The maximum Gasteiger partial charge on any atom is 0.271 e. The number of halogens is 1. The summed E-state index contributed by atoms with van der Waals surface area (Å²) in [5, 5.41) is 11.0. The summed E-state index contributed by atoms with van der Waals surface area (Å²) in [5.74, 6) is 0.325. The molecule has 0 aliphatic carbocycles. The van der Waals surface area contributed by atoms with Crippen LogP contribution in [0, 0.1) is 13.8 Å². The van der Waals surface area contributed by atoms with Crippen molar-refractivity contribution in [1.82, 2.24) is 30.3 Å². The summed E-state index contributed by atoms with van der Waals surface area (Å²) in [6.45, 7) is 9.25. The summed E-state index contributed by atoms with van der Waals surface area (Å²) < 4.78 is 1.71. The van der Waals surface area contributed by atoms with E-state index in [-0.39, 0.29) is 11.6 Å². The molecular formula is C17H23ClN6O. The largest absolute Gasteiger partial charge is 0.349 e. The molecule has 25 heavy (non-hydrogen) atoms. The first-order valence-corrected chi connectivity index (χ1v) is 8.84. The van der Waals surface area contributed by atoms with Gasteiger partial charge in [0.15, 0.2) is 5.82 Å². The highest BCUT2D eigenvalue weighted by molar-refractivity contribution is 6.33. The lowest BCUT2D eigenvalue weighted by atomic mass is 10.3. The standard InChI is InChI=1S/C17H23ClN6O/c1-12-11-13(2)24(22-12)15-4-3-14(18)16(21-15)17(25)20-7-10-23-8-5-19-6-9-23/h3-4,11,19H,5-10H2,1-2H3,(H,20,25). The van der Waals surface area contributed by atoms with Crippen molar-refractivity contribution >= 4 is 17.5 Å². The Kier molecular flexibility index (Phi) is 5.67. The number of carbonyl (C=O) groups excluding carboxylic acids is 1. The first kappa shape index (κ1) is 17.8. The number of nitrogens with zero attached hydrogens (tertiary/aromatic N) is 4. The normalized spacial score (nSPS) is 15.3. The molecular weight excluding hydrogens is 340 g/mol. The number of hydrogen-bond donors (Lipinski definition) is 2. The molecule has 134 valence electrons. The van der Waals surface area contributed by atoms with E-state index in [1.54, 1.807) is 16.8 Å². The van der Waals surface area contributed by atoms with Gasteiger partial charge in [-0.25, -0.2) is 9.67 Å².